The molecule has 1 N–H and O–H groups in total. The number of aromatic nitrogens is 4. The van der Waals surface area contributed by atoms with Crippen LogP contribution in [0, 0.1) is 11.3 Å². The molecule has 0 bridgehead atoms. The van der Waals surface area contributed by atoms with Crippen molar-refractivity contribution < 1.29 is 4.74 Å². The third kappa shape index (κ3) is 6.11. The molecule has 0 atom stereocenters. The molecule has 0 aromatic carbocycles. The molecule has 1 rings (SSSR count). The molecule has 19 heavy (non-hydrogen) atoms. The van der Waals surface area contributed by atoms with Crippen LogP contribution in [0.4, 0.5) is 0 Å². The summed E-state index contributed by atoms with van der Waals surface area (Å²) in [5, 5.41) is 15.3. The van der Waals surface area contributed by atoms with E-state index < -0.39 is 0 Å². The molecule has 0 amide bonds. The molecule has 0 aliphatic heterocycles. The van der Waals surface area contributed by atoms with Crippen LogP contribution in [0.15, 0.2) is 0 Å². The minimum absolute atomic E-state index is 0.123. The molecule has 0 aliphatic carbocycles. The van der Waals surface area contributed by atoms with Gasteiger partial charge in [0, 0.05) is 13.7 Å². The first kappa shape index (κ1) is 16.0. The highest BCUT2D eigenvalue weighted by atomic mass is 16.5. The van der Waals surface area contributed by atoms with Crippen molar-refractivity contribution in [2.75, 3.05) is 20.3 Å². The number of hydrogen-bond donors (Lipinski definition) is 1. The lowest BCUT2D eigenvalue weighted by Gasteiger charge is -2.24. The largest absolute Gasteiger partial charge is 0.385 e. The molecule has 0 aliphatic rings. The van der Waals surface area contributed by atoms with Crippen molar-refractivity contribution in [3.8, 4) is 0 Å². The van der Waals surface area contributed by atoms with Gasteiger partial charge in [-0.25, -0.2) is 4.68 Å². The molecule has 1 heterocycles. The number of rotatable bonds is 9. The fraction of sp³-hybridized carbons (Fsp3) is 0.923. The van der Waals surface area contributed by atoms with E-state index in [1.54, 1.807) is 7.11 Å². The first-order valence-electron chi connectivity index (χ1n) is 6.89. The Morgan fingerprint density at radius 3 is 2.74 bits per heavy atom. The summed E-state index contributed by atoms with van der Waals surface area (Å²) in [5.41, 5.74) is 0.123. The van der Waals surface area contributed by atoms with Crippen LogP contribution >= 0.6 is 0 Å². The zero-order valence-electron chi connectivity index (χ0n) is 12.8. The van der Waals surface area contributed by atoms with E-state index in [9.17, 15) is 0 Å². The van der Waals surface area contributed by atoms with Gasteiger partial charge in [0.05, 0.1) is 13.1 Å². The summed E-state index contributed by atoms with van der Waals surface area (Å²) in [4.78, 5) is 0. The van der Waals surface area contributed by atoms with E-state index in [-0.39, 0.29) is 5.41 Å². The monoisotopic (exact) mass is 269 g/mol. The van der Waals surface area contributed by atoms with Gasteiger partial charge in [0.1, 0.15) is 0 Å². The third-order valence-corrected chi connectivity index (χ3v) is 3.00. The quantitative estimate of drug-likeness (QED) is 0.735. The van der Waals surface area contributed by atoms with E-state index in [0.717, 1.165) is 31.9 Å². The summed E-state index contributed by atoms with van der Waals surface area (Å²) in [6.45, 7) is 12.0. The van der Waals surface area contributed by atoms with Crippen molar-refractivity contribution in [2.45, 2.75) is 47.2 Å². The van der Waals surface area contributed by atoms with Crippen molar-refractivity contribution in [3.63, 3.8) is 0 Å². The van der Waals surface area contributed by atoms with Crippen molar-refractivity contribution in [2.24, 2.45) is 11.3 Å². The Bertz CT molecular complexity index is 362. The van der Waals surface area contributed by atoms with Crippen molar-refractivity contribution in [1.82, 2.24) is 25.5 Å². The van der Waals surface area contributed by atoms with E-state index in [4.69, 9.17) is 4.74 Å². The van der Waals surface area contributed by atoms with Crippen LogP contribution in [0.3, 0.4) is 0 Å². The first-order valence-corrected chi connectivity index (χ1v) is 6.89. The van der Waals surface area contributed by atoms with Crippen LogP contribution in [-0.2, 0) is 17.8 Å². The average Bonchev–Trinajstić information content (AvgIpc) is 2.73. The number of nitrogens with zero attached hydrogens (tertiary/aromatic N) is 4. The molecule has 1 aromatic heterocycles. The maximum Gasteiger partial charge on any atom is 0.165 e. The molecule has 0 saturated heterocycles. The van der Waals surface area contributed by atoms with Crippen LogP contribution in [0.1, 0.15) is 39.9 Å². The van der Waals surface area contributed by atoms with Crippen LogP contribution in [0.5, 0.6) is 0 Å². The predicted molar refractivity (Wildman–Crippen MR) is 74.6 cm³/mol. The zero-order valence-corrected chi connectivity index (χ0v) is 12.8. The lowest BCUT2D eigenvalue weighted by molar-refractivity contribution is 0.139. The van der Waals surface area contributed by atoms with E-state index in [1.807, 2.05) is 4.68 Å². The summed E-state index contributed by atoms with van der Waals surface area (Å²) in [6.07, 6.45) is 0.988. The molecular formula is C13H27N5O. The number of methoxy groups -OCH3 is 1. The molecule has 1 aromatic rings. The first-order chi connectivity index (χ1) is 8.94. The highest BCUT2D eigenvalue weighted by molar-refractivity contribution is 4.82. The Hall–Kier alpha value is -1.01. The normalized spacial score (nSPS) is 12.3. The molecule has 0 spiro atoms. The highest BCUT2D eigenvalue weighted by Crippen LogP contribution is 2.22. The fourth-order valence-corrected chi connectivity index (χ4v) is 1.81. The number of nitrogens with one attached hydrogen (secondary N) is 1. The molecule has 6 heteroatoms. The molecule has 6 nitrogen and oxygen atoms in total. The van der Waals surface area contributed by atoms with Crippen LogP contribution < -0.4 is 5.32 Å². The van der Waals surface area contributed by atoms with Gasteiger partial charge in [-0.05, 0) is 34.7 Å². The van der Waals surface area contributed by atoms with Gasteiger partial charge < -0.3 is 10.1 Å². The fourth-order valence-electron chi connectivity index (χ4n) is 1.81. The minimum atomic E-state index is 0.123. The molecular weight excluding hydrogens is 242 g/mol. The smallest absolute Gasteiger partial charge is 0.165 e. The number of hydrogen-bond acceptors (Lipinski definition) is 5. The van der Waals surface area contributed by atoms with E-state index >= 15 is 0 Å². The standard InChI is InChI=1S/C13H27N5O/c1-11(2)8-14-9-12-15-16-17-18(12)10-13(3,4)6-7-19-5/h11,14H,6-10H2,1-5H3. The van der Waals surface area contributed by atoms with Gasteiger partial charge in [0.2, 0.25) is 0 Å². The summed E-state index contributed by atoms with van der Waals surface area (Å²) in [7, 11) is 1.73. The highest BCUT2D eigenvalue weighted by Gasteiger charge is 2.21. The molecule has 0 radical (unpaired) electrons. The van der Waals surface area contributed by atoms with E-state index in [0.29, 0.717) is 12.5 Å². The minimum Gasteiger partial charge on any atom is -0.385 e. The van der Waals surface area contributed by atoms with Gasteiger partial charge in [0.15, 0.2) is 5.82 Å². The Morgan fingerprint density at radius 2 is 2.11 bits per heavy atom. The van der Waals surface area contributed by atoms with Crippen molar-refractivity contribution in [3.05, 3.63) is 5.82 Å². The summed E-state index contributed by atoms with van der Waals surface area (Å²) in [6, 6.07) is 0. The van der Waals surface area contributed by atoms with Crippen molar-refractivity contribution in [1.29, 1.82) is 0 Å². The Balaban J connectivity index is 2.52. The number of ether oxygens (including phenoxy) is 1. The SMILES string of the molecule is COCCC(C)(C)Cn1nnnc1CNCC(C)C. The van der Waals surface area contributed by atoms with Gasteiger partial charge in [-0.1, -0.05) is 27.7 Å². The molecule has 0 fully saturated rings. The average molecular weight is 269 g/mol. The molecule has 0 unspecified atom stereocenters. The summed E-state index contributed by atoms with van der Waals surface area (Å²) < 4.78 is 7.04. The molecule has 110 valence electrons. The Morgan fingerprint density at radius 1 is 1.37 bits per heavy atom. The van der Waals surface area contributed by atoms with E-state index in [1.165, 1.54) is 0 Å². The number of tetrazole rings is 1. The maximum absolute atomic E-state index is 5.15. The van der Waals surface area contributed by atoms with Gasteiger partial charge in [0.25, 0.3) is 0 Å². The second kappa shape index (κ2) is 7.55. The Labute approximate surface area is 115 Å². The van der Waals surface area contributed by atoms with Gasteiger partial charge in [-0.2, -0.15) is 0 Å². The second-order valence-corrected chi connectivity index (χ2v) is 6.18. The topological polar surface area (TPSA) is 64.9 Å². The van der Waals surface area contributed by atoms with Crippen LogP contribution in [0.25, 0.3) is 0 Å². The van der Waals surface area contributed by atoms with Crippen LogP contribution in [0.2, 0.25) is 0 Å². The second-order valence-electron chi connectivity index (χ2n) is 6.18. The predicted octanol–water partition coefficient (Wildman–Crippen LogP) is 1.48. The summed E-state index contributed by atoms with van der Waals surface area (Å²) >= 11 is 0. The molecule has 0 saturated carbocycles. The zero-order chi connectivity index (χ0) is 14.3. The lowest BCUT2D eigenvalue weighted by Crippen LogP contribution is -2.26. The third-order valence-electron chi connectivity index (χ3n) is 3.00. The lowest BCUT2D eigenvalue weighted by atomic mass is 9.90. The Kier molecular flexibility index (Phi) is 6.37. The maximum atomic E-state index is 5.15. The van der Waals surface area contributed by atoms with Gasteiger partial charge in [-0.3, -0.25) is 0 Å². The van der Waals surface area contributed by atoms with Crippen LogP contribution in [-0.4, -0.2) is 40.5 Å². The van der Waals surface area contributed by atoms with Gasteiger partial charge >= 0.3 is 0 Å². The van der Waals surface area contributed by atoms with E-state index in [2.05, 4.69) is 48.5 Å². The van der Waals surface area contributed by atoms with Crippen molar-refractivity contribution >= 4 is 0 Å². The summed E-state index contributed by atoms with van der Waals surface area (Å²) in [5.74, 6) is 1.52. The van der Waals surface area contributed by atoms with Gasteiger partial charge in [-0.15, -0.1) is 5.10 Å².